The quantitative estimate of drug-likeness (QED) is 0.708. The molecule has 0 radical (unpaired) electrons. The van der Waals surface area contributed by atoms with Crippen molar-refractivity contribution in [1.82, 2.24) is 4.98 Å². The van der Waals surface area contributed by atoms with E-state index in [-0.39, 0.29) is 0 Å². The molecule has 1 heterocycles. The normalized spacial score (nSPS) is 10.4. The number of benzene rings is 1. The van der Waals surface area contributed by atoms with Crippen LogP contribution in [0.25, 0.3) is 16.8 Å². The van der Waals surface area contributed by atoms with Crippen molar-refractivity contribution in [3.05, 3.63) is 85.6 Å². The molecule has 0 aliphatic heterocycles. The van der Waals surface area contributed by atoms with Crippen molar-refractivity contribution in [2.75, 3.05) is 0 Å². The number of pyridine rings is 1. The smallest absolute Gasteiger partial charge is 0.0709 e. The summed E-state index contributed by atoms with van der Waals surface area (Å²) in [6.45, 7) is 7.64. The molecule has 0 saturated heterocycles. The Morgan fingerprint density at radius 2 is 1.78 bits per heavy atom. The maximum absolute atomic E-state index is 4.61. The summed E-state index contributed by atoms with van der Waals surface area (Å²) in [5.74, 6) is 0. The van der Waals surface area contributed by atoms with Crippen LogP contribution in [0.2, 0.25) is 0 Å². The van der Waals surface area contributed by atoms with Gasteiger partial charge in [0.1, 0.15) is 0 Å². The summed E-state index contributed by atoms with van der Waals surface area (Å²) in [5.41, 5.74) is 3.84. The maximum atomic E-state index is 4.61. The molecule has 0 saturated carbocycles. The topological polar surface area (TPSA) is 12.9 Å². The zero-order chi connectivity index (χ0) is 12.8. The third kappa shape index (κ3) is 2.83. The first-order valence-electron chi connectivity index (χ1n) is 5.82. The molecule has 1 heteroatoms. The van der Waals surface area contributed by atoms with E-state index in [0.29, 0.717) is 0 Å². The molecule has 1 nitrogen and oxygen atoms in total. The van der Waals surface area contributed by atoms with Crippen LogP contribution < -0.4 is 0 Å². The van der Waals surface area contributed by atoms with Crippen LogP contribution in [0.3, 0.4) is 0 Å². The molecule has 88 valence electrons. The summed E-state index contributed by atoms with van der Waals surface area (Å²) in [7, 11) is 0. The van der Waals surface area contributed by atoms with E-state index in [4.69, 9.17) is 0 Å². The van der Waals surface area contributed by atoms with E-state index in [9.17, 15) is 0 Å². The van der Waals surface area contributed by atoms with E-state index in [1.165, 1.54) is 0 Å². The van der Waals surface area contributed by atoms with Gasteiger partial charge in [0.05, 0.1) is 11.4 Å². The number of hydrogen-bond donors (Lipinski definition) is 0. The van der Waals surface area contributed by atoms with Crippen molar-refractivity contribution >= 4 is 5.57 Å². The van der Waals surface area contributed by atoms with Gasteiger partial charge in [-0.3, -0.25) is 0 Å². The largest absolute Gasteiger partial charge is 0.248 e. The van der Waals surface area contributed by atoms with Crippen molar-refractivity contribution in [1.29, 1.82) is 0 Å². The summed E-state index contributed by atoms with van der Waals surface area (Å²) in [4.78, 5) is 4.61. The molecular weight excluding hydrogens is 218 g/mol. The lowest BCUT2D eigenvalue weighted by atomic mass is 10.1. The second kappa shape index (κ2) is 5.78. The van der Waals surface area contributed by atoms with Crippen molar-refractivity contribution in [2.24, 2.45) is 0 Å². The predicted octanol–water partition coefficient (Wildman–Crippen LogP) is 4.50. The molecule has 0 fully saturated rings. The molecule has 0 N–H and O–H groups in total. The second-order valence-corrected chi connectivity index (χ2v) is 3.89. The lowest BCUT2D eigenvalue weighted by Gasteiger charge is -2.04. The van der Waals surface area contributed by atoms with Gasteiger partial charge in [0.15, 0.2) is 0 Å². The highest BCUT2D eigenvalue weighted by atomic mass is 14.7. The van der Waals surface area contributed by atoms with E-state index in [1.807, 2.05) is 48.6 Å². The van der Waals surface area contributed by atoms with Crippen LogP contribution in [-0.4, -0.2) is 4.98 Å². The molecule has 1 aromatic heterocycles. The monoisotopic (exact) mass is 233 g/mol. The van der Waals surface area contributed by atoms with E-state index in [1.54, 1.807) is 6.08 Å². The van der Waals surface area contributed by atoms with Gasteiger partial charge in [0, 0.05) is 5.56 Å². The van der Waals surface area contributed by atoms with Crippen LogP contribution >= 0.6 is 0 Å². The van der Waals surface area contributed by atoms with Gasteiger partial charge >= 0.3 is 0 Å². The zero-order valence-electron chi connectivity index (χ0n) is 10.2. The minimum atomic E-state index is 0.882. The average Bonchev–Trinajstić information content (AvgIpc) is 2.46. The first-order chi connectivity index (χ1) is 8.81. The van der Waals surface area contributed by atoms with E-state index in [2.05, 4.69) is 30.3 Å². The first kappa shape index (κ1) is 12.1. The predicted molar refractivity (Wildman–Crippen MR) is 78.0 cm³/mol. The highest BCUT2D eigenvalue weighted by molar-refractivity contribution is 5.71. The van der Waals surface area contributed by atoms with Crippen LogP contribution in [0.4, 0.5) is 0 Å². The lowest BCUT2D eigenvalue weighted by molar-refractivity contribution is 1.28. The average molecular weight is 233 g/mol. The van der Waals surface area contributed by atoms with Crippen LogP contribution in [-0.2, 0) is 0 Å². The van der Waals surface area contributed by atoms with Gasteiger partial charge in [-0.15, -0.1) is 0 Å². The number of allylic oxidation sites excluding steroid dienone is 4. The molecule has 0 unspecified atom stereocenters. The Bertz CT molecular complexity index is 580. The Balaban J connectivity index is 2.34. The van der Waals surface area contributed by atoms with E-state index < -0.39 is 0 Å². The molecule has 0 aliphatic carbocycles. The van der Waals surface area contributed by atoms with Gasteiger partial charge in [-0.2, -0.15) is 0 Å². The Kier molecular flexibility index (Phi) is 3.87. The fourth-order valence-electron chi connectivity index (χ4n) is 1.65. The van der Waals surface area contributed by atoms with Crippen molar-refractivity contribution in [3.8, 4) is 11.3 Å². The molecule has 1 aromatic carbocycles. The molecule has 2 aromatic rings. The molecule has 0 aliphatic rings. The molecule has 2 rings (SSSR count). The maximum Gasteiger partial charge on any atom is 0.0709 e. The Labute approximate surface area is 108 Å². The second-order valence-electron chi connectivity index (χ2n) is 3.89. The van der Waals surface area contributed by atoms with Gasteiger partial charge in [-0.25, -0.2) is 4.98 Å². The molecule has 0 atom stereocenters. The number of nitrogens with zero attached hydrogens (tertiary/aromatic N) is 1. The molecule has 0 bridgehead atoms. The van der Waals surface area contributed by atoms with Gasteiger partial charge < -0.3 is 0 Å². The highest BCUT2D eigenvalue weighted by Crippen LogP contribution is 2.19. The fraction of sp³-hybridized carbons (Fsp3) is 0. The molecule has 0 spiro atoms. The Morgan fingerprint density at radius 1 is 1.00 bits per heavy atom. The van der Waals surface area contributed by atoms with Crippen LogP contribution in [0.5, 0.6) is 0 Å². The van der Waals surface area contributed by atoms with Crippen molar-refractivity contribution in [3.63, 3.8) is 0 Å². The first-order valence-corrected chi connectivity index (χ1v) is 5.82. The van der Waals surface area contributed by atoms with E-state index in [0.717, 1.165) is 22.5 Å². The third-order valence-electron chi connectivity index (χ3n) is 2.58. The van der Waals surface area contributed by atoms with Crippen molar-refractivity contribution < 1.29 is 0 Å². The number of aromatic nitrogens is 1. The Hall–Kier alpha value is -2.41. The van der Waals surface area contributed by atoms with E-state index >= 15 is 0 Å². The zero-order valence-corrected chi connectivity index (χ0v) is 10.2. The van der Waals surface area contributed by atoms with Crippen LogP contribution in [0, 0.1) is 0 Å². The standard InChI is InChI=1S/C17H15N/c1-3-4-9-14(2)16-12-8-13-17(18-16)15-10-6-5-7-11-15/h3-13H,1-2H2/b9-4-. The van der Waals surface area contributed by atoms with Gasteiger partial charge in [-0.1, -0.05) is 67.8 Å². The molecule has 0 amide bonds. The minimum Gasteiger partial charge on any atom is -0.248 e. The van der Waals surface area contributed by atoms with Crippen LogP contribution in [0.1, 0.15) is 5.69 Å². The van der Waals surface area contributed by atoms with Gasteiger partial charge in [-0.05, 0) is 17.7 Å². The Morgan fingerprint density at radius 3 is 2.50 bits per heavy atom. The summed E-state index contributed by atoms with van der Waals surface area (Å²) in [6.07, 6.45) is 5.50. The number of rotatable bonds is 4. The number of hydrogen-bond acceptors (Lipinski definition) is 1. The van der Waals surface area contributed by atoms with Gasteiger partial charge in [0.2, 0.25) is 0 Å². The minimum absolute atomic E-state index is 0.882. The lowest BCUT2D eigenvalue weighted by Crippen LogP contribution is -1.89. The van der Waals surface area contributed by atoms with Gasteiger partial charge in [0.25, 0.3) is 0 Å². The molecular formula is C17H15N. The summed E-state index contributed by atoms with van der Waals surface area (Å²) >= 11 is 0. The highest BCUT2D eigenvalue weighted by Gasteiger charge is 2.01. The SMILES string of the molecule is C=C/C=C\C(=C)c1cccc(-c2ccccc2)n1. The third-order valence-corrected chi connectivity index (χ3v) is 2.58. The van der Waals surface area contributed by atoms with Crippen molar-refractivity contribution in [2.45, 2.75) is 0 Å². The summed E-state index contributed by atoms with van der Waals surface area (Å²) < 4.78 is 0. The molecule has 18 heavy (non-hydrogen) atoms. The summed E-state index contributed by atoms with van der Waals surface area (Å²) in [6, 6.07) is 16.1. The fourth-order valence-corrected chi connectivity index (χ4v) is 1.65. The van der Waals surface area contributed by atoms with Crippen LogP contribution in [0.15, 0.2) is 79.9 Å². The summed E-state index contributed by atoms with van der Waals surface area (Å²) in [5, 5.41) is 0.